The van der Waals surface area contributed by atoms with Crippen LogP contribution in [0.3, 0.4) is 0 Å². The topological polar surface area (TPSA) is 143 Å². The molecule has 228 valence electrons. The first-order chi connectivity index (χ1) is 22.2. The van der Waals surface area contributed by atoms with Crippen LogP contribution in [-0.4, -0.2) is 0 Å². The summed E-state index contributed by atoms with van der Waals surface area (Å²) in [6.07, 6.45) is 0. The van der Waals surface area contributed by atoms with Gasteiger partial charge < -0.3 is 0 Å². The van der Waals surface area contributed by atoms with E-state index in [2.05, 4.69) is 0 Å². The molecule has 1 aliphatic rings. The average Bonchev–Trinajstić information content (AvgIpc) is 3.76. The van der Waals surface area contributed by atoms with E-state index in [0.717, 1.165) is 36.4 Å². The predicted octanol–water partition coefficient (Wildman–Crippen LogP) is 7.08. The summed E-state index contributed by atoms with van der Waals surface area (Å²) in [5, 5.41) is 56.3. The second-order valence-corrected chi connectivity index (χ2v) is 8.84. The van der Waals surface area contributed by atoms with Crippen LogP contribution in [0.5, 0.6) is 0 Å². The number of hydrogen-bond acceptors (Lipinski definition) is 6. The van der Waals surface area contributed by atoms with E-state index in [1.54, 1.807) is 0 Å². The van der Waals surface area contributed by atoms with Gasteiger partial charge in [0.05, 0.1) is 27.8 Å². The van der Waals surface area contributed by atoms with Crippen LogP contribution in [-0.2, 0) is 0 Å². The molecule has 3 aromatic rings. The van der Waals surface area contributed by atoms with Crippen LogP contribution in [0.25, 0.3) is 16.7 Å². The monoisotopic (exact) mass is 654 g/mol. The smallest absolute Gasteiger partial charge is 0.196 e. The Hall–Kier alpha value is -6.95. The summed E-state index contributed by atoms with van der Waals surface area (Å²) >= 11 is 0. The maximum Gasteiger partial charge on any atom is 0.196 e. The fourth-order valence-electron chi connectivity index (χ4n) is 4.44. The molecule has 17 heteroatoms. The minimum atomic E-state index is -2.56. The number of allylic oxidation sites excluding steroid dienone is 6. The lowest BCUT2D eigenvalue weighted by atomic mass is 9.98. The van der Waals surface area contributed by atoms with Gasteiger partial charge in [0.15, 0.2) is 58.2 Å². The highest BCUT2D eigenvalue weighted by Crippen LogP contribution is 2.57. The zero-order valence-corrected chi connectivity index (χ0v) is 21.9. The van der Waals surface area contributed by atoms with Crippen LogP contribution in [0.15, 0.2) is 22.8 Å². The Bertz CT molecular complexity index is 2350. The van der Waals surface area contributed by atoms with Gasteiger partial charge in [0, 0.05) is 22.3 Å². The Balaban J connectivity index is 2.35. The minimum Gasteiger partial charge on any atom is -0.205 e. The lowest BCUT2D eigenvalue weighted by Gasteiger charge is -2.08. The standard InChI is InChI=1S/C30HF11N6/c31-15-1-8(22(33)23(34)10(15)3-43)9(2-42)16-17(11(4-44)19-21(32)13(6-46)26(37)30(41)29(19)40)18(16)12(5-45)20-27(38)24(35)14(7-47)25(36)28(20)39/h1H/b16-9+,17-11-,18-12?. The SMILES string of the molecule is N#CC(=C1C(=C(\C#N)c2cc(F)c(C#N)c(F)c2F)/C1=C(\C#N)c1c(F)c(F)c(F)c(C#N)c1F)c1c(F)c(F)c(C#N)c(F)c1F. The maximum atomic E-state index is 15.2. The molecule has 1 saturated carbocycles. The first-order valence-electron chi connectivity index (χ1n) is 11.7. The summed E-state index contributed by atoms with van der Waals surface area (Å²) in [5.41, 5.74) is -18.9. The molecule has 6 nitrogen and oxygen atoms in total. The molecule has 0 spiro atoms. The van der Waals surface area contributed by atoms with Crippen molar-refractivity contribution in [2.45, 2.75) is 0 Å². The van der Waals surface area contributed by atoms with Crippen molar-refractivity contribution >= 4 is 16.7 Å². The summed E-state index contributed by atoms with van der Waals surface area (Å²) < 4.78 is 162. The highest BCUT2D eigenvalue weighted by molar-refractivity contribution is 6.12. The van der Waals surface area contributed by atoms with Crippen molar-refractivity contribution < 1.29 is 48.3 Å². The molecule has 0 amide bonds. The molecule has 3 aromatic carbocycles. The highest BCUT2D eigenvalue weighted by atomic mass is 19.2. The van der Waals surface area contributed by atoms with E-state index in [4.69, 9.17) is 15.8 Å². The van der Waals surface area contributed by atoms with Gasteiger partial charge >= 0.3 is 0 Å². The molecule has 0 bridgehead atoms. The van der Waals surface area contributed by atoms with Crippen molar-refractivity contribution in [2.75, 3.05) is 0 Å². The summed E-state index contributed by atoms with van der Waals surface area (Å²) in [7, 11) is 0. The van der Waals surface area contributed by atoms with Crippen LogP contribution in [0.2, 0.25) is 0 Å². The van der Waals surface area contributed by atoms with E-state index in [-0.39, 0.29) is 6.07 Å². The molecule has 0 unspecified atom stereocenters. The van der Waals surface area contributed by atoms with E-state index < -0.39 is 131 Å². The van der Waals surface area contributed by atoms with Crippen LogP contribution < -0.4 is 0 Å². The number of nitrogens with zero attached hydrogens (tertiary/aromatic N) is 6. The summed E-state index contributed by atoms with van der Waals surface area (Å²) in [5.74, 6) is -25.6. The van der Waals surface area contributed by atoms with Gasteiger partial charge in [-0.05, 0) is 6.07 Å². The van der Waals surface area contributed by atoms with Gasteiger partial charge in [-0.2, -0.15) is 31.6 Å². The first kappa shape index (κ1) is 33.0. The molecule has 0 radical (unpaired) electrons. The predicted molar refractivity (Wildman–Crippen MR) is 131 cm³/mol. The van der Waals surface area contributed by atoms with Crippen LogP contribution >= 0.6 is 0 Å². The molecular formula is C30HF11N6. The maximum absolute atomic E-state index is 15.2. The fourth-order valence-corrected chi connectivity index (χ4v) is 4.44. The van der Waals surface area contributed by atoms with Crippen LogP contribution in [0.4, 0.5) is 48.3 Å². The zero-order valence-electron chi connectivity index (χ0n) is 21.9. The average molecular weight is 654 g/mol. The van der Waals surface area contributed by atoms with Gasteiger partial charge in [0.25, 0.3) is 0 Å². The second kappa shape index (κ2) is 11.9. The van der Waals surface area contributed by atoms with E-state index in [1.165, 1.54) is 0 Å². The fraction of sp³-hybridized carbons (Fsp3) is 0. The molecule has 0 aromatic heterocycles. The quantitative estimate of drug-likeness (QED) is 0.128. The molecule has 0 N–H and O–H groups in total. The molecule has 0 aliphatic heterocycles. The number of hydrogen-bond donors (Lipinski definition) is 0. The van der Waals surface area contributed by atoms with Gasteiger partial charge in [-0.3, -0.25) is 0 Å². The largest absolute Gasteiger partial charge is 0.205 e. The zero-order chi connectivity index (χ0) is 35.2. The van der Waals surface area contributed by atoms with E-state index in [0.29, 0.717) is 0 Å². The van der Waals surface area contributed by atoms with Gasteiger partial charge in [-0.25, -0.2) is 48.3 Å². The van der Waals surface area contributed by atoms with Crippen molar-refractivity contribution in [1.29, 1.82) is 31.6 Å². The molecule has 1 fully saturated rings. The van der Waals surface area contributed by atoms with Crippen molar-refractivity contribution in [2.24, 2.45) is 0 Å². The lowest BCUT2D eigenvalue weighted by Crippen LogP contribution is -2.06. The molecule has 47 heavy (non-hydrogen) atoms. The second-order valence-electron chi connectivity index (χ2n) is 8.84. The first-order valence-corrected chi connectivity index (χ1v) is 11.7. The normalized spacial score (nSPS) is 14.9. The number of rotatable bonds is 3. The molecule has 0 saturated heterocycles. The van der Waals surface area contributed by atoms with Crippen molar-refractivity contribution in [3.63, 3.8) is 0 Å². The van der Waals surface area contributed by atoms with Gasteiger partial charge in [-0.15, -0.1) is 0 Å². The molecule has 1 aliphatic carbocycles. The summed E-state index contributed by atoms with van der Waals surface area (Å²) in [6, 6.07) is 5.88. The molecule has 4 rings (SSSR count). The van der Waals surface area contributed by atoms with Crippen molar-refractivity contribution in [1.82, 2.24) is 0 Å². The Morgan fingerprint density at radius 2 is 0.723 bits per heavy atom. The van der Waals surface area contributed by atoms with Gasteiger partial charge in [-0.1, -0.05) is 0 Å². The van der Waals surface area contributed by atoms with E-state index in [9.17, 15) is 46.5 Å². The van der Waals surface area contributed by atoms with Crippen LogP contribution in [0, 0.1) is 132 Å². The Kier molecular flexibility index (Phi) is 8.31. The number of benzene rings is 3. The van der Waals surface area contributed by atoms with E-state index >= 15 is 17.6 Å². The Morgan fingerprint density at radius 3 is 1.15 bits per heavy atom. The molecule has 0 atom stereocenters. The summed E-state index contributed by atoms with van der Waals surface area (Å²) in [4.78, 5) is 0. The summed E-state index contributed by atoms with van der Waals surface area (Å²) in [6.45, 7) is 0. The van der Waals surface area contributed by atoms with E-state index in [1.807, 2.05) is 0 Å². The van der Waals surface area contributed by atoms with Crippen molar-refractivity contribution in [3.8, 4) is 36.4 Å². The van der Waals surface area contributed by atoms with Crippen molar-refractivity contribution in [3.05, 3.63) is 120 Å². The highest BCUT2D eigenvalue weighted by Gasteiger charge is 2.45. The number of halogens is 11. The Labute approximate surface area is 253 Å². The third-order valence-corrected chi connectivity index (χ3v) is 6.56. The lowest BCUT2D eigenvalue weighted by molar-refractivity contribution is 0.430. The minimum absolute atomic E-state index is 0.0168. The number of nitriles is 6. The third-order valence-electron chi connectivity index (χ3n) is 6.56. The molecular weight excluding hydrogens is 653 g/mol. The van der Waals surface area contributed by atoms with Gasteiger partial charge in [0.2, 0.25) is 0 Å². The third kappa shape index (κ3) is 4.68. The van der Waals surface area contributed by atoms with Gasteiger partial charge in [0.1, 0.15) is 58.9 Å². The van der Waals surface area contributed by atoms with Crippen LogP contribution in [0.1, 0.15) is 33.4 Å². The Morgan fingerprint density at radius 1 is 0.383 bits per heavy atom. The molecule has 0 heterocycles.